The fourth-order valence-electron chi connectivity index (χ4n) is 1.93. The molecule has 0 fully saturated rings. The van der Waals surface area contributed by atoms with Crippen LogP contribution in [0.15, 0.2) is 48.0 Å². The Morgan fingerprint density at radius 1 is 1.27 bits per heavy atom. The second-order valence-corrected chi connectivity index (χ2v) is 5.72. The molecule has 22 heavy (non-hydrogen) atoms. The first-order chi connectivity index (χ1) is 10.7. The van der Waals surface area contributed by atoms with Gasteiger partial charge in [0.2, 0.25) is 0 Å². The zero-order valence-corrected chi connectivity index (χ0v) is 12.4. The van der Waals surface area contributed by atoms with Crippen LogP contribution in [0.4, 0.5) is 4.39 Å². The van der Waals surface area contributed by atoms with Crippen molar-refractivity contribution in [3.8, 4) is 0 Å². The quantitative estimate of drug-likeness (QED) is 0.786. The lowest BCUT2D eigenvalue weighted by Crippen LogP contribution is -2.22. The summed E-state index contributed by atoms with van der Waals surface area (Å²) in [5.74, 6) is -0.547. The lowest BCUT2D eigenvalue weighted by Gasteiger charge is -2.01. The minimum Gasteiger partial charge on any atom is -0.346 e. The summed E-state index contributed by atoms with van der Waals surface area (Å²) < 4.78 is 14.4. The average molecular weight is 316 g/mol. The monoisotopic (exact) mass is 316 g/mol. The van der Waals surface area contributed by atoms with Crippen molar-refractivity contribution in [1.82, 2.24) is 20.3 Å². The van der Waals surface area contributed by atoms with Crippen molar-refractivity contribution in [1.29, 1.82) is 0 Å². The lowest BCUT2D eigenvalue weighted by molar-refractivity contribution is 0.0946. The summed E-state index contributed by atoms with van der Waals surface area (Å²) in [6, 6.07) is 10.0. The van der Waals surface area contributed by atoms with E-state index in [0.717, 1.165) is 10.4 Å². The standard InChI is InChI=1S/C15H13FN4OS/c16-12-5-3-11(4-6-12)9-20-10-14(18-19-20)15(21)17-8-13-2-1-7-22-13/h1-7,10H,8-9H2,(H,17,21). The van der Waals surface area contributed by atoms with E-state index in [9.17, 15) is 9.18 Å². The minimum atomic E-state index is -0.281. The number of amides is 1. The number of carbonyl (C=O) groups excluding carboxylic acids is 1. The van der Waals surface area contributed by atoms with Gasteiger partial charge < -0.3 is 5.32 Å². The van der Waals surface area contributed by atoms with Crippen molar-refractivity contribution in [2.45, 2.75) is 13.1 Å². The molecule has 0 aliphatic heterocycles. The molecule has 3 aromatic rings. The summed E-state index contributed by atoms with van der Waals surface area (Å²) in [4.78, 5) is 13.1. The molecular weight excluding hydrogens is 303 g/mol. The maximum atomic E-state index is 12.8. The molecule has 2 heterocycles. The normalized spacial score (nSPS) is 10.6. The van der Waals surface area contributed by atoms with E-state index in [1.807, 2.05) is 17.5 Å². The zero-order chi connectivity index (χ0) is 15.4. The molecule has 0 aliphatic rings. The van der Waals surface area contributed by atoms with Crippen LogP contribution >= 0.6 is 11.3 Å². The fourth-order valence-corrected chi connectivity index (χ4v) is 2.57. The van der Waals surface area contributed by atoms with Crippen LogP contribution in [0.25, 0.3) is 0 Å². The molecule has 112 valence electrons. The largest absolute Gasteiger partial charge is 0.346 e. The topological polar surface area (TPSA) is 59.8 Å². The van der Waals surface area contributed by atoms with Crippen LogP contribution < -0.4 is 5.32 Å². The average Bonchev–Trinajstić information content (AvgIpc) is 3.19. The van der Waals surface area contributed by atoms with E-state index >= 15 is 0 Å². The van der Waals surface area contributed by atoms with Gasteiger partial charge in [0, 0.05) is 4.88 Å². The van der Waals surface area contributed by atoms with Crippen LogP contribution in [0.3, 0.4) is 0 Å². The molecule has 0 radical (unpaired) electrons. The second-order valence-electron chi connectivity index (χ2n) is 4.69. The molecule has 1 aromatic carbocycles. The Kier molecular flexibility index (Phi) is 4.24. The van der Waals surface area contributed by atoms with E-state index < -0.39 is 0 Å². The first kappa shape index (κ1) is 14.4. The maximum absolute atomic E-state index is 12.8. The molecule has 5 nitrogen and oxygen atoms in total. The van der Waals surface area contributed by atoms with Crippen molar-refractivity contribution in [2.24, 2.45) is 0 Å². The summed E-state index contributed by atoms with van der Waals surface area (Å²) in [6.45, 7) is 0.910. The van der Waals surface area contributed by atoms with Crippen LogP contribution in [0.2, 0.25) is 0 Å². The SMILES string of the molecule is O=C(NCc1cccs1)c1cn(Cc2ccc(F)cc2)nn1. The van der Waals surface area contributed by atoms with Gasteiger partial charge in [0.15, 0.2) is 5.69 Å². The predicted octanol–water partition coefficient (Wildman–Crippen LogP) is 2.46. The third-order valence-electron chi connectivity index (χ3n) is 3.03. The molecule has 0 bridgehead atoms. The molecule has 0 atom stereocenters. The van der Waals surface area contributed by atoms with E-state index in [0.29, 0.717) is 13.1 Å². The molecule has 2 aromatic heterocycles. The fraction of sp³-hybridized carbons (Fsp3) is 0.133. The summed E-state index contributed by atoms with van der Waals surface area (Å²) in [6.07, 6.45) is 1.58. The molecule has 0 saturated heterocycles. The molecule has 0 saturated carbocycles. The molecule has 1 amide bonds. The minimum absolute atomic E-state index is 0.263. The number of nitrogens with zero attached hydrogens (tertiary/aromatic N) is 3. The van der Waals surface area contributed by atoms with Crippen LogP contribution in [0, 0.1) is 5.82 Å². The van der Waals surface area contributed by atoms with Crippen LogP contribution in [-0.4, -0.2) is 20.9 Å². The summed E-state index contributed by atoms with van der Waals surface area (Å²) >= 11 is 1.58. The number of nitrogens with one attached hydrogen (secondary N) is 1. The number of carbonyl (C=O) groups is 1. The highest BCUT2D eigenvalue weighted by atomic mass is 32.1. The number of halogens is 1. The second kappa shape index (κ2) is 6.48. The summed E-state index contributed by atoms with van der Waals surface area (Å²) in [5, 5.41) is 12.5. The van der Waals surface area contributed by atoms with Crippen molar-refractivity contribution in [2.75, 3.05) is 0 Å². The highest BCUT2D eigenvalue weighted by molar-refractivity contribution is 7.09. The molecule has 0 spiro atoms. The lowest BCUT2D eigenvalue weighted by atomic mass is 10.2. The Bertz CT molecular complexity index is 752. The number of rotatable bonds is 5. The van der Waals surface area contributed by atoms with Gasteiger partial charge in [-0.1, -0.05) is 23.4 Å². The van der Waals surface area contributed by atoms with Gasteiger partial charge >= 0.3 is 0 Å². The molecule has 0 aliphatic carbocycles. The first-order valence-electron chi connectivity index (χ1n) is 6.66. The highest BCUT2D eigenvalue weighted by Crippen LogP contribution is 2.08. The van der Waals surface area contributed by atoms with E-state index in [-0.39, 0.29) is 17.4 Å². The molecule has 7 heteroatoms. The molecule has 0 unspecified atom stereocenters. The maximum Gasteiger partial charge on any atom is 0.273 e. The van der Waals surface area contributed by atoms with E-state index in [1.165, 1.54) is 12.1 Å². The zero-order valence-electron chi connectivity index (χ0n) is 11.6. The van der Waals surface area contributed by atoms with E-state index in [1.54, 1.807) is 34.3 Å². The molecular formula is C15H13FN4OS. The van der Waals surface area contributed by atoms with Crippen LogP contribution in [-0.2, 0) is 13.1 Å². The molecule has 3 rings (SSSR count). The van der Waals surface area contributed by atoms with Gasteiger partial charge in [-0.05, 0) is 29.1 Å². The van der Waals surface area contributed by atoms with E-state index in [4.69, 9.17) is 0 Å². The van der Waals surface area contributed by atoms with Gasteiger partial charge in [0.25, 0.3) is 5.91 Å². The highest BCUT2D eigenvalue weighted by Gasteiger charge is 2.10. The van der Waals surface area contributed by atoms with Gasteiger partial charge in [-0.25, -0.2) is 9.07 Å². The van der Waals surface area contributed by atoms with Crippen molar-refractivity contribution >= 4 is 17.2 Å². The van der Waals surface area contributed by atoms with Crippen molar-refractivity contribution < 1.29 is 9.18 Å². The Morgan fingerprint density at radius 3 is 2.82 bits per heavy atom. The molecule has 1 N–H and O–H groups in total. The number of thiophene rings is 1. The third-order valence-corrected chi connectivity index (χ3v) is 3.91. The van der Waals surface area contributed by atoms with Gasteiger partial charge in [-0.2, -0.15) is 0 Å². The van der Waals surface area contributed by atoms with Gasteiger partial charge in [0.1, 0.15) is 5.82 Å². The van der Waals surface area contributed by atoms with Crippen LogP contribution in [0.5, 0.6) is 0 Å². The Morgan fingerprint density at radius 2 is 2.09 bits per heavy atom. The number of benzene rings is 1. The predicted molar refractivity (Wildman–Crippen MR) is 81.0 cm³/mol. The number of hydrogen-bond donors (Lipinski definition) is 1. The van der Waals surface area contributed by atoms with Gasteiger partial charge in [0.05, 0.1) is 19.3 Å². The van der Waals surface area contributed by atoms with Gasteiger partial charge in [-0.15, -0.1) is 16.4 Å². The van der Waals surface area contributed by atoms with E-state index in [2.05, 4.69) is 15.6 Å². The number of aromatic nitrogens is 3. The smallest absolute Gasteiger partial charge is 0.273 e. The first-order valence-corrected chi connectivity index (χ1v) is 7.54. The Balaban J connectivity index is 1.60. The Hall–Kier alpha value is -2.54. The van der Waals surface area contributed by atoms with Gasteiger partial charge in [-0.3, -0.25) is 4.79 Å². The summed E-state index contributed by atoms with van der Waals surface area (Å²) in [5.41, 5.74) is 1.15. The van der Waals surface area contributed by atoms with Crippen molar-refractivity contribution in [3.05, 3.63) is 69.9 Å². The van der Waals surface area contributed by atoms with Crippen LogP contribution in [0.1, 0.15) is 20.9 Å². The number of hydrogen-bond acceptors (Lipinski definition) is 4. The van der Waals surface area contributed by atoms with Crippen molar-refractivity contribution in [3.63, 3.8) is 0 Å². The third kappa shape index (κ3) is 3.56. The Labute approximate surface area is 130 Å². The summed E-state index contributed by atoms with van der Waals surface area (Å²) in [7, 11) is 0.